The van der Waals surface area contributed by atoms with Crippen molar-refractivity contribution in [2.24, 2.45) is 0 Å². The summed E-state index contributed by atoms with van der Waals surface area (Å²) in [6, 6.07) is 6.86. The highest BCUT2D eigenvalue weighted by Crippen LogP contribution is 2.13. The normalized spacial score (nSPS) is 9.91. The second kappa shape index (κ2) is 10.1. The average Bonchev–Trinajstić information content (AvgIpc) is 2.48. The quantitative estimate of drug-likeness (QED) is 0.448. The summed E-state index contributed by atoms with van der Waals surface area (Å²) in [5, 5.41) is 6.08. The van der Waals surface area contributed by atoms with Crippen LogP contribution in [-0.2, 0) is 19.1 Å². The molecule has 22 heavy (non-hydrogen) atoms. The smallest absolute Gasteiger partial charge is 0.306 e. The van der Waals surface area contributed by atoms with Gasteiger partial charge in [0.2, 0.25) is 5.91 Å². The maximum absolute atomic E-state index is 11.6. The number of rotatable bonds is 7. The van der Waals surface area contributed by atoms with Crippen LogP contribution >= 0.6 is 23.8 Å². The molecule has 0 atom stereocenters. The molecule has 0 bridgehead atoms. The number of hydrogen-bond donors (Lipinski definition) is 2. The van der Waals surface area contributed by atoms with Crippen LogP contribution in [-0.4, -0.2) is 37.3 Å². The number of benzene rings is 1. The summed E-state index contributed by atoms with van der Waals surface area (Å²) >= 11 is 10.8. The number of carbonyl (C=O) groups excluding carboxylic acids is 2. The minimum Gasteiger partial charge on any atom is -0.463 e. The topological polar surface area (TPSA) is 76.7 Å². The van der Waals surface area contributed by atoms with Crippen molar-refractivity contribution in [3.63, 3.8) is 0 Å². The molecular formula is C14H17ClN2O4S. The highest BCUT2D eigenvalue weighted by Gasteiger charge is 2.09. The molecule has 8 heteroatoms. The van der Waals surface area contributed by atoms with E-state index < -0.39 is 5.97 Å². The summed E-state index contributed by atoms with van der Waals surface area (Å²) in [6.07, 6.45) is -0.0205. The van der Waals surface area contributed by atoms with Crippen LogP contribution in [0, 0.1) is 0 Å². The van der Waals surface area contributed by atoms with Crippen molar-refractivity contribution >= 4 is 46.5 Å². The van der Waals surface area contributed by atoms with Gasteiger partial charge in [-0.2, -0.15) is 0 Å². The largest absolute Gasteiger partial charge is 0.463 e. The number of thiocarbonyl (C=S) groups is 1. The molecule has 120 valence electrons. The van der Waals surface area contributed by atoms with Gasteiger partial charge in [0.05, 0.1) is 13.0 Å². The Labute approximate surface area is 139 Å². The first-order chi connectivity index (χ1) is 10.5. The van der Waals surface area contributed by atoms with Crippen molar-refractivity contribution in [3.8, 4) is 0 Å². The van der Waals surface area contributed by atoms with Crippen LogP contribution in [0.4, 0.5) is 5.69 Å². The third-order valence-corrected chi connectivity index (χ3v) is 2.92. The molecule has 1 aromatic rings. The van der Waals surface area contributed by atoms with E-state index in [1.807, 2.05) is 0 Å². The van der Waals surface area contributed by atoms with Crippen LogP contribution in [0.5, 0.6) is 0 Å². The second-order valence-corrected chi connectivity index (χ2v) is 5.07. The lowest BCUT2D eigenvalue weighted by molar-refractivity contribution is -0.146. The number of methoxy groups -OCH3 is 1. The van der Waals surface area contributed by atoms with E-state index in [1.54, 1.807) is 24.3 Å². The monoisotopic (exact) mass is 344 g/mol. The SMILES string of the molecule is COCCOC(=O)CCC(=O)NC(=S)Nc1ccc(Cl)cc1. The second-order valence-electron chi connectivity index (χ2n) is 4.22. The van der Waals surface area contributed by atoms with Crippen LogP contribution < -0.4 is 10.6 Å². The number of nitrogens with one attached hydrogen (secondary N) is 2. The fourth-order valence-electron chi connectivity index (χ4n) is 1.41. The Morgan fingerprint density at radius 1 is 1.18 bits per heavy atom. The van der Waals surface area contributed by atoms with Gasteiger partial charge in [0.25, 0.3) is 0 Å². The lowest BCUT2D eigenvalue weighted by Gasteiger charge is -2.09. The molecule has 0 aliphatic heterocycles. The minimum absolute atomic E-state index is 0.00570. The molecule has 0 aromatic heterocycles. The van der Waals surface area contributed by atoms with Crippen LogP contribution in [0.15, 0.2) is 24.3 Å². The van der Waals surface area contributed by atoms with Crippen LogP contribution in [0.3, 0.4) is 0 Å². The summed E-state index contributed by atoms with van der Waals surface area (Å²) in [6.45, 7) is 0.501. The first kappa shape index (κ1) is 18.3. The molecule has 0 aliphatic carbocycles. The van der Waals surface area contributed by atoms with Crippen molar-refractivity contribution in [2.75, 3.05) is 25.6 Å². The maximum Gasteiger partial charge on any atom is 0.306 e. The van der Waals surface area contributed by atoms with Crippen molar-refractivity contribution in [1.82, 2.24) is 5.32 Å². The highest BCUT2D eigenvalue weighted by atomic mass is 35.5. The van der Waals surface area contributed by atoms with E-state index in [9.17, 15) is 9.59 Å². The van der Waals surface area contributed by atoms with Crippen molar-refractivity contribution in [2.45, 2.75) is 12.8 Å². The lowest BCUT2D eigenvalue weighted by atomic mass is 10.3. The zero-order chi connectivity index (χ0) is 16.4. The van der Waals surface area contributed by atoms with E-state index in [4.69, 9.17) is 33.3 Å². The number of ether oxygens (including phenoxy) is 2. The lowest BCUT2D eigenvalue weighted by Crippen LogP contribution is -2.34. The first-order valence-electron chi connectivity index (χ1n) is 6.52. The number of amides is 1. The Balaban J connectivity index is 2.25. The molecule has 0 unspecified atom stereocenters. The van der Waals surface area contributed by atoms with Gasteiger partial charge in [0, 0.05) is 24.2 Å². The molecule has 6 nitrogen and oxygen atoms in total. The average molecular weight is 345 g/mol. The molecule has 0 saturated heterocycles. The molecule has 0 radical (unpaired) electrons. The third-order valence-electron chi connectivity index (χ3n) is 2.46. The predicted octanol–water partition coefficient (Wildman–Crippen LogP) is 2.12. The van der Waals surface area contributed by atoms with E-state index in [2.05, 4.69) is 10.6 Å². The van der Waals surface area contributed by atoms with Gasteiger partial charge in [-0.05, 0) is 36.5 Å². The molecule has 0 spiro atoms. The standard InChI is InChI=1S/C14H17ClN2O4S/c1-20-8-9-21-13(19)7-6-12(18)17-14(22)16-11-4-2-10(15)3-5-11/h2-5H,6-9H2,1H3,(H2,16,17,18,22). The number of carbonyl (C=O) groups is 2. The van der Waals surface area contributed by atoms with Crippen LogP contribution in [0.25, 0.3) is 0 Å². The van der Waals surface area contributed by atoms with Crippen molar-refractivity contribution in [1.29, 1.82) is 0 Å². The van der Waals surface area contributed by atoms with Crippen molar-refractivity contribution in [3.05, 3.63) is 29.3 Å². The molecule has 0 aliphatic rings. The number of halogens is 1. The number of anilines is 1. The zero-order valence-electron chi connectivity index (χ0n) is 12.1. The summed E-state index contributed by atoms with van der Waals surface area (Å²) in [5.74, 6) is -0.820. The van der Waals surface area contributed by atoms with Gasteiger partial charge in [-0.25, -0.2) is 0 Å². The summed E-state index contributed by atoms with van der Waals surface area (Å²) in [7, 11) is 1.51. The Morgan fingerprint density at radius 2 is 1.86 bits per heavy atom. The van der Waals surface area contributed by atoms with E-state index in [-0.39, 0.29) is 30.5 Å². The summed E-state index contributed by atoms with van der Waals surface area (Å²) < 4.78 is 9.58. The Morgan fingerprint density at radius 3 is 2.50 bits per heavy atom. The summed E-state index contributed by atoms with van der Waals surface area (Å²) in [4.78, 5) is 23.0. The van der Waals surface area contributed by atoms with E-state index in [0.29, 0.717) is 17.3 Å². The zero-order valence-corrected chi connectivity index (χ0v) is 13.6. The Bertz CT molecular complexity index is 522. The van der Waals surface area contributed by atoms with Gasteiger partial charge in [0.1, 0.15) is 6.61 Å². The molecule has 0 saturated carbocycles. The molecule has 1 rings (SSSR count). The summed E-state index contributed by atoms with van der Waals surface area (Å²) in [5.41, 5.74) is 0.702. The highest BCUT2D eigenvalue weighted by molar-refractivity contribution is 7.80. The van der Waals surface area contributed by atoms with Gasteiger partial charge in [-0.15, -0.1) is 0 Å². The van der Waals surface area contributed by atoms with Crippen LogP contribution in [0.1, 0.15) is 12.8 Å². The first-order valence-corrected chi connectivity index (χ1v) is 7.31. The molecule has 2 N–H and O–H groups in total. The maximum atomic E-state index is 11.6. The Hall–Kier alpha value is -1.70. The Kier molecular flexibility index (Phi) is 8.42. The minimum atomic E-state index is -0.455. The van der Waals surface area contributed by atoms with Gasteiger partial charge in [-0.3, -0.25) is 9.59 Å². The van der Waals surface area contributed by atoms with Crippen molar-refractivity contribution < 1.29 is 19.1 Å². The van der Waals surface area contributed by atoms with Gasteiger partial charge in [0.15, 0.2) is 5.11 Å². The molecule has 0 fully saturated rings. The molecule has 0 heterocycles. The predicted molar refractivity (Wildman–Crippen MR) is 87.9 cm³/mol. The number of esters is 1. The van der Waals surface area contributed by atoms with E-state index >= 15 is 0 Å². The molecule has 1 amide bonds. The third kappa shape index (κ3) is 7.92. The van der Waals surface area contributed by atoms with E-state index in [0.717, 1.165) is 0 Å². The van der Waals surface area contributed by atoms with Crippen LogP contribution in [0.2, 0.25) is 5.02 Å². The number of hydrogen-bond acceptors (Lipinski definition) is 5. The molecular weight excluding hydrogens is 328 g/mol. The molecule has 1 aromatic carbocycles. The van der Waals surface area contributed by atoms with Gasteiger partial charge >= 0.3 is 5.97 Å². The fraction of sp³-hybridized carbons (Fsp3) is 0.357. The van der Waals surface area contributed by atoms with E-state index in [1.165, 1.54) is 7.11 Å². The fourth-order valence-corrected chi connectivity index (χ4v) is 1.77. The van der Waals surface area contributed by atoms with Gasteiger partial charge in [-0.1, -0.05) is 11.6 Å². The van der Waals surface area contributed by atoms with Gasteiger partial charge < -0.3 is 20.1 Å².